The maximum Gasteiger partial charge on any atom is 0.335 e. The van der Waals surface area contributed by atoms with Crippen LogP contribution in [0.2, 0.25) is 0 Å². The number of nitrogens with one attached hydrogen (secondary N) is 1. The third kappa shape index (κ3) is 5.17. The van der Waals surface area contributed by atoms with Crippen LogP contribution >= 0.6 is 0 Å². The fourth-order valence-corrected chi connectivity index (χ4v) is 2.15. The summed E-state index contributed by atoms with van der Waals surface area (Å²) < 4.78 is 16.1. The molecule has 2 rings (SSSR count). The van der Waals surface area contributed by atoms with Gasteiger partial charge in [0, 0.05) is 31.3 Å². The van der Waals surface area contributed by atoms with Crippen LogP contribution in [0.5, 0.6) is 17.2 Å². The fraction of sp³-hybridized carbons (Fsp3) is 0.278. The molecule has 0 spiro atoms. The number of carbonyl (C=O) groups is 1. The minimum atomic E-state index is -0.924. The van der Waals surface area contributed by atoms with Crippen molar-refractivity contribution >= 4 is 5.97 Å². The van der Waals surface area contributed by atoms with Gasteiger partial charge in [-0.2, -0.15) is 0 Å². The molecule has 0 bridgehead atoms. The van der Waals surface area contributed by atoms with Crippen LogP contribution < -0.4 is 19.5 Å². The van der Waals surface area contributed by atoms with Gasteiger partial charge in [0.1, 0.15) is 23.9 Å². The van der Waals surface area contributed by atoms with E-state index in [1.165, 1.54) is 0 Å². The SMILES string of the molecule is COc1cc(OC)cc(OCCNCc2cccc(C(=O)O)c2)c1. The lowest BCUT2D eigenvalue weighted by Crippen LogP contribution is -2.20. The lowest BCUT2D eigenvalue weighted by Gasteiger charge is -2.11. The standard InChI is InChI=1S/C18H21NO5/c1-22-15-9-16(23-2)11-17(10-15)24-7-6-19-12-13-4-3-5-14(8-13)18(20)21/h3-5,8-11,19H,6-7,12H2,1-2H3,(H,20,21). The summed E-state index contributed by atoms with van der Waals surface area (Å²) in [6.07, 6.45) is 0. The Labute approximate surface area is 141 Å². The minimum absolute atomic E-state index is 0.286. The van der Waals surface area contributed by atoms with Crippen molar-refractivity contribution in [2.45, 2.75) is 6.54 Å². The molecule has 0 heterocycles. The summed E-state index contributed by atoms with van der Waals surface area (Å²) in [5.74, 6) is 1.08. The first-order valence-corrected chi connectivity index (χ1v) is 7.51. The first kappa shape index (κ1) is 17.6. The molecule has 2 aromatic rings. The molecule has 2 N–H and O–H groups in total. The van der Waals surface area contributed by atoms with Gasteiger partial charge in [-0.15, -0.1) is 0 Å². The zero-order valence-electron chi connectivity index (χ0n) is 13.7. The van der Waals surface area contributed by atoms with Crippen LogP contribution in [0.15, 0.2) is 42.5 Å². The van der Waals surface area contributed by atoms with Crippen LogP contribution in [0.25, 0.3) is 0 Å². The Kier molecular flexibility index (Phi) is 6.45. The normalized spacial score (nSPS) is 10.2. The molecule has 2 aromatic carbocycles. The van der Waals surface area contributed by atoms with Crippen molar-refractivity contribution in [1.29, 1.82) is 0 Å². The number of methoxy groups -OCH3 is 2. The molecular formula is C18H21NO5. The highest BCUT2D eigenvalue weighted by Gasteiger charge is 2.04. The number of carboxylic acids is 1. The number of hydrogen-bond donors (Lipinski definition) is 2. The van der Waals surface area contributed by atoms with E-state index in [0.29, 0.717) is 36.9 Å². The summed E-state index contributed by atoms with van der Waals surface area (Å²) in [6.45, 7) is 1.66. The summed E-state index contributed by atoms with van der Waals surface area (Å²) in [5.41, 5.74) is 1.20. The molecule has 0 radical (unpaired) electrons. The van der Waals surface area contributed by atoms with E-state index in [1.54, 1.807) is 50.6 Å². The Hall–Kier alpha value is -2.73. The first-order chi connectivity index (χ1) is 11.6. The maximum atomic E-state index is 10.9. The summed E-state index contributed by atoms with van der Waals surface area (Å²) in [6, 6.07) is 12.2. The lowest BCUT2D eigenvalue weighted by molar-refractivity contribution is 0.0696. The molecule has 0 unspecified atom stereocenters. The van der Waals surface area contributed by atoms with Gasteiger partial charge < -0.3 is 24.6 Å². The highest BCUT2D eigenvalue weighted by Crippen LogP contribution is 2.27. The Balaban J connectivity index is 1.79. The van der Waals surface area contributed by atoms with E-state index < -0.39 is 5.97 Å². The van der Waals surface area contributed by atoms with Crippen LogP contribution in [-0.4, -0.2) is 38.4 Å². The van der Waals surface area contributed by atoms with Gasteiger partial charge in [-0.05, 0) is 17.7 Å². The Morgan fingerprint density at radius 2 is 1.71 bits per heavy atom. The van der Waals surface area contributed by atoms with E-state index in [4.69, 9.17) is 19.3 Å². The van der Waals surface area contributed by atoms with E-state index in [-0.39, 0.29) is 5.56 Å². The number of rotatable bonds is 9. The highest BCUT2D eigenvalue weighted by molar-refractivity contribution is 5.87. The molecule has 128 valence electrons. The van der Waals surface area contributed by atoms with Crippen molar-refractivity contribution < 1.29 is 24.1 Å². The van der Waals surface area contributed by atoms with Crippen molar-refractivity contribution in [1.82, 2.24) is 5.32 Å². The highest BCUT2D eigenvalue weighted by atomic mass is 16.5. The number of ether oxygens (including phenoxy) is 3. The summed E-state index contributed by atoms with van der Waals surface area (Å²) in [7, 11) is 3.18. The van der Waals surface area contributed by atoms with E-state index in [0.717, 1.165) is 5.56 Å². The largest absolute Gasteiger partial charge is 0.496 e. The smallest absolute Gasteiger partial charge is 0.335 e. The van der Waals surface area contributed by atoms with Crippen LogP contribution in [0.1, 0.15) is 15.9 Å². The van der Waals surface area contributed by atoms with Gasteiger partial charge in [-0.25, -0.2) is 4.79 Å². The van der Waals surface area contributed by atoms with Gasteiger partial charge in [-0.1, -0.05) is 12.1 Å². The monoisotopic (exact) mass is 331 g/mol. The number of aromatic carboxylic acids is 1. The third-order valence-electron chi connectivity index (χ3n) is 3.38. The second-order valence-electron chi connectivity index (χ2n) is 5.08. The summed E-state index contributed by atoms with van der Waals surface area (Å²) >= 11 is 0. The number of carboxylic acid groups (broad SMARTS) is 1. The quantitative estimate of drug-likeness (QED) is 0.688. The first-order valence-electron chi connectivity index (χ1n) is 7.51. The van der Waals surface area contributed by atoms with Gasteiger partial charge in [0.15, 0.2) is 0 Å². The van der Waals surface area contributed by atoms with Crippen LogP contribution in [0.3, 0.4) is 0 Å². The van der Waals surface area contributed by atoms with E-state index in [2.05, 4.69) is 5.32 Å². The van der Waals surface area contributed by atoms with Crippen molar-refractivity contribution in [2.24, 2.45) is 0 Å². The van der Waals surface area contributed by atoms with Gasteiger partial charge in [0.05, 0.1) is 19.8 Å². The third-order valence-corrected chi connectivity index (χ3v) is 3.38. The Morgan fingerprint density at radius 1 is 1.04 bits per heavy atom. The van der Waals surface area contributed by atoms with Crippen molar-refractivity contribution in [3.05, 3.63) is 53.6 Å². The van der Waals surface area contributed by atoms with Crippen molar-refractivity contribution in [2.75, 3.05) is 27.4 Å². The average molecular weight is 331 g/mol. The van der Waals surface area contributed by atoms with Crippen LogP contribution in [0.4, 0.5) is 0 Å². The molecule has 0 aliphatic rings. The topological polar surface area (TPSA) is 77.0 Å². The molecule has 0 saturated carbocycles. The van der Waals surface area contributed by atoms with Gasteiger partial charge in [-0.3, -0.25) is 0 Å². The molecule has 0 saturated heterocycles. The summed E-state index contributed by atoms with van der Waals surface area (Å²) in [5, 5.41) is 12.2. The fourth-order valence-electron chi connectivity index (χ4n) is 2.15. The Bertz CT molecular complexity index is 665. The zero-order chi connectivity index (χ0) is 17.4. The van der Waals surface area contributed by atoms with Crippen LogP contribution in [-0.2, 0) is 6.54 Å². The van der Waals surface area contributed by atoms with Crippen molar-refractivity contribution in [3.63, 3.8) is 0 Å². The second kappa shape index (κ2) is 8.79. The average Bonchev–Trinajstić information content (AvgIpc) is 2.61. The summed E-state index contributed by atoms with van der Waals surface area (Å²) in [4.78, 5) is 10.9. The molecule has 0 aromatic heterocycles. The predicted octanol–water partition coefficient (Wildman–Crippen LogP) is 2.57. The molecule has 0 amide bonds. The molecule has 0 atom stereocenters. The molecule has 6 nitrogen and oxygen atoms in total. The number of hydrogen-bond acceptors (Lipinski definition) is 5. The molecule has 0 aliphatic carbocycles. The van der Waals surface area contributed by atoms with Gasteiger partial charge >= 0.3 is 5.97 Å². The van der Waals surface area contributed by atoms with Gasteiger partial charge in [0.2, 0.25) is 0 Å². The lowest BCUT2D eigenvalue weighted by atomic mass is 10.1. The van der Waals surface area contributed by atoms with Gasteiger partial charge in [0.25, 0.3) is 0 Å². The van der Waals surface area contributed by atoms with E-state index in [1.807, 2.05) is 6.07 Å². The molecular weight excluding hydrogens is 310 g/mol. The molecule has 6 heteroatoms. The molecule has 24 heavy (non-hydrogen) atoms. The minimum Gasteiger partial charge on any atom is -0.496 e. The maximum absolute atomic E-state index is 10.9. The molecule has 0 aliphatic heterocycles. The van der Waals surface area contributed by atoms with Crippen LogP contribution in [0, 0.1) is 0 Å². The Morgan fingerprint density at radius 3 is 2.33 bits per heavy atom. The predicted molar refractivity (Wildman–Crippen MR) is 90.1 cm³/mol. The van der Waals surface area contributed by atoms with E-state index >= 15 is 0 Å². The molecule has 0 fully saturated rings. The zero-order valence-corrected chi connectivity index (χ0v) is 13.7. The van der Waals surface area contributed by atoms with E-state index in [9.17, 15) is 4.79 Å². The second-order valence-corrected chi connectivity index (χ2v) is 5.08. The number of benzene rings is 2. The van der Waals surface area contributed by atoms with Crippen molar-refractivity contribution in [3.8, 4) is 17.2 Å².